The van der Waals surface area contributed by atoms with E-state index in [1.807, 2.05) is 31.1 Å². The predicted molar refractivity (Wildman–Crippen MR) is 58.4 cm³/mol. The first-order valence-corrected chi connectivity index (χ1v) is 6.15. The lowest BCUT2D eigenvalue weighted by molar-refractivity contribution is 0.119. The van der Waals surface area contributed by atoms with Crippen molar-refractivity contribution in [3.63, 3.8) is 0 Å². The van der Waals surface area contributed by atoms with Crippen molar-refractivity contribution in [3.05, 3.63) is 18.0 Å². The van der Waals surface area contributed by atoms with Gasteiger partial charge in [-0.1, -0.05) is 0 Å². The highest BCUT2D eigenvalue weighted by atomic mass is 32.2. The van der Waals surface area contributed by atoms with Gasteiger partial charge in [-0.05, 0) is 29.9 Å². The third-order valence-electron chi connectivity index (χ3n) is 2.70. The molecule has 2 heterocycles. The summed E-state index contributed by atoms with van der Waals surface area (Å²) in [5.74, 6) is 2.78. The molecule has 1 saturated heterocycles. The standard InChI is InChI=1S/C10H16N2OS/c1-12-4-2-9(11-12)6-10(13)8-3-5-14-7-8/h2,4,8,10,13H,3,5-7H2,1H3. The maximum atomic E-state index is 9.95. The van der Waals surface area contributed by atoms with Crippen molar-refractivity contribution in [3.8, 4) is 0 Å². The van der Waals surface area contributed by atoms with E-state index in [9.17, 15) is 5.11 Å². The minimum atomic E-state index is -0.208. The zero-order valence-corrected chi connectivity index (χ0v) is 9.20. The molecular weight excluding hydrogens is 196 g/mol. The SMILES string of the molecule is Cn1ccc(CC(O)C2CCSC2)n1. The van der Waals surface area contributed by atoms with E-state index in [1.54, 1.807) is 4.68 Å². The summed E-state index contributed by atoms with van der Waals surface area (Å²) in [6, 6.07) is 1.98. The predicted octanol–water partition coefficient (Wildman–Crippen LogP) is 1.08. The van der Waals surface area contributed by atoms with Crippen LogP contribution >= 0.6 is 11.8 Å². The van der Waals surface area contributed by atoms with Crippen LogP contribution in [0.2, 0.25) is 0 Å². The molecule has 78 valence electrons. The van der Waals surface area contributed by atoms with E-state index in [4.69, 9.17) is 0 Å². The fourth-order valence-electron chi connectivity index (χ4n) is 1.81. The molecule has 1 N–H and O–H groups in total. The molecule has 0 saturated carbocycles. The van der Waals surface area contributed by atoms with Crippen molar-refractivity contribution in [2.24, 2.45) is 13.0 Å². The van der Waals surface area contributed by atoms with Crippen molar-refractivity contribution in [2.75, 3.05) is 11.5 Å². The number of nitrogens with zero attached hydrogens (tertiary/aromatic N) is 2. The van der Waals surface area contributed by atoms with Gasteiger partial charge in [-0.2, -0.15) is 16.9 Å². The number of hydrogen-bond donors (Lipinski definition) is 1. The first kappa shape index (κ1) is 10.1. The molecule has 0 aromatic carbocycles. The molecule has 0 aliphatic carbocycles. The van der Waals surface area contributed by atoms with E-state index in [0.717, 1.165) is 17.9 Å². The Bertz CT molecular complexity index is 294. The largest absolute Gasteiger partial charge is 0.392 e. The summed E-state index contributed by atoms with van der Waals surface area (Å²) in [4.78, 5) is 0. The fraction of sp³-hybridized carbons (Fsp3) is 0.700. The Morgan fingerprint density at radius 3 is 3.21 bits per heavy atom. The van der Waals surface area contributed by atoms with Crippen LogP contribution in [0.5, 0.6) is 0 Å². The first-order valence-electron chi connectivity index (χ1n) is 5.00. The van der Waals surface area contributed by atoms with E-state index < -0.39 is 0 Å². The van der Waals surface area contributed by atoms with Gasteiger partial charge < -0.3 is 5.11 Å². The van der Waals surface area contributed by atoms with Crippen LogP contribution < -0.4 is 0 Å². The van der Waals surface area contributed by atoms with Gasteiger partial charge in [0.05, 0.1) is 11.8 Å². The Hall–Kier alpha value is -0.480. The van der Waals surface area contributed by atoms with Crippen LogP contribution in [-0.2, 0) is 13.5 Å². The molecule has 4 heteroatoms. The summed E-state index contributed by atoms with van der Waals surface area (Å²) in [7, 11) is 1.90. The van der Waals surface area contributed by atoms with Crippen molar-refractivity contribution < 1.29 is 5.11 Å². The normalized spacial score (nSPS) is 24.0. The van der Waals surface area contributed by atoms with Crippen molar-refractivity contribution in [1.29, 1.82) is 0 Å². The highest BCUT2D eigenvalue weighted by Gasteiger charge is 2.24. The van der Waals surface area contributed by atoms with Gasteiger partial charge in [-0.25, -0.2) is 0 Å². The molecule has 0 bridgehead atoms. The second-order valence-electron chi connectivity index (χ2n) is 3.88. The molecule has 2 rings (SSSR count). The number of aliphatic hydroxyl groups excluding tert-OH is 1. The summed E-state index contributed by atoms with van der Waals surface area (Å²) in [6.45, 7) is 0. The van der Waals surface area contributed by atoms with E-state index in [-0.39, 0.29) is 6.10 Å². The number of thioether (sulfide) groups is 1. The van der Waals surface area contributed by atoms with Gasteiger partial charge in [-0.15, -0.1) is 0 Å². The Morgan fingerprint density at radius 1 is 1.79 bits per heavy atom. The van der Waals surface area contributed by atoms with Crippen LogP contribution in [0.3, 0.4) is 0 Å². The molecule has 3 nitrogen and oxygen atoms in total. The van der Waals surface area contributed by atoms with Gasteiger partial charge in [-0.3, -0.25) is 4.68 Å². The smallest absolute Gasteiger partial charge is 0.0650 e. The third kappa shape index (κ3) is 2.30. The number of aryl methyl sites for hydroxylation is 1. The molecule has 14 heavy (non-hydrogen) atoms. The molecule has 1 aromatic rings. The van der Waals surface area contributed by atoms with Crippen molar-refractivity contribution in [2.45, 2.75) is 18.9 Å². The number of aliphatic hydroxyl groups is 1. The minimum Gasteiger partial charge on any atom is -0.392 e. The molecule has 1 aliphatic rings. The maximum absolute atomic E-state index is 9.95. The summed E-state index contributed by atoms with van der Waals surface area (Å²) >= 11 is 1.94. The summed E-state index contributed by atoms with van der Waals surface area (Å²) in [5, 5.41) is 14.2. The quantitative estimate of drug-likeness (QED) is 0.814. The highest BCUT2D eigenvalue weighted by molar-refractivity contribution is 7.99. The molecule has 2 unspecified atom stereocenters. The zero-order valence-electron chi connectivity index (χ0n) is 8.39. The Kier molecular flexibility index (Phi) is 3.13. The number of aromatic nitrogens is 2. The Balaban J connectivity index is 1.90. The molecule has 0 spiro atoms. The average molecular weight is 212 g/mol. The fourth-order valence-corrected chi connectivity index (χ4v) is 3.14. The molecular formula is C10H16N2OS. The second-order valence-corrected chi connectivity index (χ2v) is 5.03. The summed E-state index contributed by atoms with van der Waals surface area (Å²) in [5.41, 5.74) is 0.997. The third-order valence-corrected chi connectivity index (χ3v) is 3.88. The van der Waals surface area contributed by atoms with E-state index in [0.29, 0.717) is 12.3 Å². The lowest BCUT2D eigenvalue weighted by Crippen LogP contribution is -2.22. The maximum Gasteiger partial charge on any atom is 0.0650 e. The van der Waals surface area contributed by atoms with Crippen LogP contribution in [0.25, 0.3) is 0 Å². The van der Waals surface area contributed by atoms with Gasteiger partial charge in [0.15, 0.2) is 0 Å². The second kappa shape index (κ2) is 4.36. The van der Waals surface area contributed by atoms with Crippen LogP contribution in [0, 0.1) is 5.92 Å². The molecule has 1 fully saturated rings. The lowest BCUT2D eigenvalue weighted by Gasteiger charge is -2.15. The minimum absolute atomic E-state index is 0.208. The van der Waals surface area contributed by atoms with E-state index in [2.05, 4.69) is 5.10 Å². The average Bonchev–Trinajstić information content (AvgIpc) is 2.75. The van der Waals surface area contributed by atoms with E-state index >= 15 is 0 Å². The van der Waals surface area contributed by atoms with E-state index in [1.165, 1.54) is 5.75 Å². The number of rotatable bonds is 3. The zero-order chi connectivity index (χ0) is 9.97. The van der Waals surface area contributed by atoms with Gasteiger partial charge in [0.1, 0.15) is 0 Å². The van der Waals surface area contributed by atoms with Crippen LogP contribution in [0.1, 0.15) is 12.1 Å². The topological polar surface area (TPSA) is 38.0 Å². The summed E-state index contributed by atoms with van der Waals surface area (Å²) < 4.78 is 1.78. The molecule has 1 aromatic heterocycles. The van der Waals surface area contributed by atoms with Crippen LogP contribution in [-0.4, -0.2) is 32.5 Å². The molecule has 1 aliphatic heterocycles. The Morgan fingerprint density at radius 2 is 2.64 bits per heavy atom. The van der Waals surface area contributed by atoms with Gasteiger partial charge in [0.25, 0.3) is 0 Å². The van der Waals surface area contributed by atoms with Gasteiger partial charge in [0.2, 0.25) is 0 Å². The van der Waals surface area contributed by atoms with Crippen LogP contribution in [0.4, 0.5) is 0 Å². The molecule has 2 atom stereocenters. The lowest BCUT2D eigenvalue weighted by atomic mass is 9.98. The molecule has 0 amide bonds. The Labute approximate surface area is 88.5 Å². The van der Waals surface area contributed by atoms with Crippen molar-refractivity contribution >= 4 is 11.8 Å². The summed E-state index contributed by atoms with van der Waals surface area (Å²) in [6.07, 6.45) is 3.57. The molecule has 0 radical (unpaired) electrons. The monoisotopic (exact) mass is 212 g/mol. The van der Waals surface area contributed by atoms with Crippen molar-refractivity contribution in [1.82, 2.24) is 9.78 Å². The first-order chi connectivity index (χ1) is 6.75. The van der Waals surface area contributed by atoms with Crippen LogP contribution in [0.15, 0.2) is 12.3 Å². The number of hydrogen-bond acceptors (Lipinski definition) is 3. The van der Waals surface area contributed by atoms with Gasteiger partial charge in [0, 0.05) is 19.7 Å². The highest BCUT2D eigenvalue weighted by Crippen LogP contribution is 2.27. The van der Waals surface area contributed by atoms with Gasteiger partial charge >= 0.3 is 0 Å².